The molecule has 1 atom stereocenters. The fourth-order valence-corrected chi connectivity index (χ4v) is 3.00. The standard InChI is InChI=1S/C18H20FNO5/c1-11(21)15-16(12-7-4-5-8-13(12)19)20(18(25)17(15)24)10-6-2-3-9-14(22)23/h4-5,7-8,16,24H,2-3,6,9-10H2,1H3,(H,22,23)/t16-/m1/s1. The van der Waals surface area contributed by atoms with Crippen LogP contribution in [0.1, 0.15) is 44.2 Å². The number of carboxylic acid groups (broad SMARTS) is 1. The van der Waals surface area contributed by atoms with Gasteiger partial charge in [0.15, 0.2) is 11.5 Å². The lowest BCUT2D eigenvalue weighted by molar-refractivity contribution is -0.137. The zero-order valence-corrected chi connectivity index (χ0v) is 13.9. The predicted octanol–water partition coefficient (Wildman–Crippen LogP) is 2.76. The van der Waals surface area contributed by atoms with Crippen LogP contribution in [0.25, 0.3) is 0 Å². The van der Waals surface area contributed by atoms with Gasteiger partial charge in [-0.15, -0.1) is 0 Å². The number of carbonyl (C=O) groups excluding carboxylic acids is 2. The van der Waals surface area contributed by atoms with E-state index in [4.69, 9.17) is 5.11 Å². The van der Waals surface area contributed by atoms with E-state index in [0.717, 1.165) is 0 Å². The zero-order chi connectivity index (χ0) is 18.6. The normalized spacial score (nSPS) is 17.3. The molecule has 0 unspecified atom stereocenters. The number of carbonyl (C=O) groups is 3. The van der Waals surface area contributed by atoms with Crippen molar-refractivity contribution in [3.63, 3.8) is 0 Å². The molecule has 2 rings (SSSR count). The third-order valence-corrected chi connectivity index (χ3v) is 4.17. The molecule has 0 spiro atoms. The van der Waals surface area contributed by atoms with E-state index in [0.29, 0.717) is 19.3 Å². The minimum atomic E-state index is -0.967. The molecule has 134 valence electrons. The SMILES string of the molecule is CC(=O)C1=C(O)C(=O)N(CCCCCC(=O)O)[C@@H]1c1ccccc1F. The number of benzene rings is 1. The highest BCUT2D eigenvalue weighted by Gasteiger charge is 2.42. The van der Waals surface area contributed by atoms with Crippen LogP contribution in [0.4, 0.5) is 4.39 Å². The van der Waals surface area contributed by atoms with Crippen molar-refractivity contribution in [3.8, 4) is 0 Å². The van der Waals surface area contributed by atoms with Crippen molar-refractivity contribution in [2.75, 3.05) is 6.54 Å². The van der Waals surface area contributed by atoms with Crippen molar-refractivity contribution >= 4 is 17.7 Å². The number of hydrogen-bond donors (Lipinski definition) is 2. The first-order valence-corrected chi connectivity index (χ1v) is 8.05. The lowest BCUT2D eigenvalue weighted by Crippen LogP contribution is -2.32. The molecular weight excluding hydrogens is 329 g/mol. The number of rotatable bonds is 8. The number of halogens is 1. The van der Waals surface area contributed by atoms with Crippen molar-refractivity contribution in [3.05, 3.63) is 47.0 Å². The Morgan fingerprint density at radius 1 is 1.20 bits per heavy atom. The third kappa shape index (κ3) is 4.04. The number of Topliss-reactive ketones (excluding diaryl/α,β-unsaturated/α-hetero) is 1. The van der Waals surface area contributed by atoms with Crippen molar-refractivity contribution < 1.29 is 29.0 Å². The van der Waals surface area contributed by atoms with Crippen LogP contribution < -0.4 is 0 Å². The number of aliphatic hydroxyl groups is 1. The van der Waals surface area contributed by atoms with E-state index >= 15 is 0 Å². The Hall–Kier alpha value is -2.70. The van der Waals surface area contributed by atoms with Gasteiger partial charge in [0.1, 0.15) is 5.82 Å². The zero-order valence-electron chi connectivity index (χ0n) is 13.9. The molecule has 6 nitrogen and oxygen atoms in total. The van der Waals surface area contributed by atoms with E-state index in [9.17, 15) is 23.9 Å². The van der Waals surface area contributed by atoms with Gasteiger partial charge in [-0.25, -0.2) is 4.39 Å². The summed E-state index contributed by atoms with van der Waals surface area (Å²) in [6.45, 7) is 1.42. The molecule has 0 aliphatic carbocycles. The van der Waals surface area contributed by atoms with E-state index in [1.807, 2.05) is 0 Å². The minimum absolute atomic E-state index is 0.0346. The second kappa shape index (κ2) is 7.92. The predicted molar refractivity (Wildman–Crippen MR) is 87.3 cm³/mol. The maximum Gasteiger partial charge on any atom is 0.303 e. The molecule has 1 aliphatic heterocycles. The van der Waals surface area contributed by atoms with E-state index in [1.54, 1.807) is 6.07 Å². The highest BCUT2D eigenvalue weighted by molar-refractivity contribution is 6.08. The number of hydrogen-bond acceptors (Lipinski definition) is 4. The molecule has 0 radical (unpaired) electrons. The Balaban J connectivity index is 2.22. The van der Waals surface area contributed by atoms with Gasteiger partial charge in [0, 0.05) is 18.5 Å². The van der Waals surface area contributed by atoms with Crippen molar-refractivity contribution in [1.82, 2.24) is 4.90 Å². The summed E-state index contributed by atoms with van der Waals surface area (Å²) in [5, 5.41) is 18.7. The molecular formula is C18H20FNO5. The van der Waals surface area contributed by atoms with Gasteiger partial charge in [0.2, 0.25) is 0 Å². The fraction of sp³-hybridized carbons (Fsp3) is 0.389. The number of ketones is 1. The summed E-state index contributed by atoms with van der Waals surface area (Å²) in [7, 11) is 0. The van der Waals surface area contributed by atoms with Gasteiger partial charge in [-0.05, 0) is 25.8 Å². The van der Waals surface area contributed by atoms with Crippen molar-refractivity contribution in [2.24, 2.45) is 0 Å². The van der Waals surface area contributed by atoms with Gasteiger partial charge < -0.3 is 15.1 Å². The van der Waals surface area contributed by atoms with Crippen LogP contribution in [0.2, 0.25) is 0 Å². The quantitative estimate of drug-likeness (QED) is 0.704. The molecule has 2 N–H and O–H groups in total. The van der Waals surface area contributed by atoms with Gasteiger partial charge in [-0.1, -0.05) is 24.6 Å². The Morgan fingerprint density at radius 3 is 2.48 bits per heavy atom. The smallest absolute Gasteiger partial charge is 0.303 e. The molecule has 1 aromatic carbocycles. The van der Waals surface area contributed by atoms with Crippen LogP contribution in [-0.2, 0) is 14.4 Å². The Labute approximate surface area is 144 Å². The lowest BCUT2D eigenvalue weighted by Gasteiger charge is -2.26. The number of nitrogens with zero attached hydrogens (tertiary/aromatic N) is 1. The Kier molecular flexibility index (Phi) is 5.90. The van der Waals surface area contributed by atoms with Crippen molar-refractivity contribution in [2.45, 2.75) is 38.6 Å². The monoisotopic (exact) mass is 349 g/mol. The van der Waals surface area contributed by atoms with Gasteiger partial charge in [0.25, 0.3) is 5.91 Å². The number of unbranched alkanes of at least 4 members (excludes halogenated alkanes) is 2. The first kappa shape index (κ1) is 18.6. The van der Waals surface area contributed by atoms with E-state index in [2.05, 4.69) is 0 Å². The lowest BCUT2D eigenvalue weighted by atomic mass is 9.96. The summed E-state index contributed by atoms with van der Waals surface area (Å²) < 4.78 is 14.2. The Morgan fingerprint density at radius 2 is 1.88 bits per heavy atom. The van der Waals surface area contributed by atoms with Gasteiger partial charge in [-0.3, -0.25) is 14.4 Å². The molecule has 25 heavy (non-hydrogen) atoms. The van der Waals surface area contributed by atoms with Crippen LogP contribution in [0.5, 0.6) is 0 Å². The number of aliphatic hydroxyl groups excluding tert-OH is 1. The van der Waals surface area contributed by atoms with Crippen molar-refractivity contribution in [1.29, 1.82) is 0 Å². The highest BCUT2D eigenvalue weighted by Crippen LogP contribution is 2.38. The molecule has 1 aliphatic rings. The first-order chi connectivity index (χ1) is 11.8. The van der Waals surface area contributed by atoms with Crippen LogP contribution in [0.15, 0.2) is 35.6 Å². The maximum atomic E-state index is 14.2. The fourth-order valence-electron chi connectivity index (χ4n) is 3.00. The molecule has 0 aromatic heterocycles. The van der Waals surface area contributed by atoms with Crippen LogP contribution in [0, 0.1) is 5.82 Å². The molecule has 1 aromatic rings. The molecule has 0 bridgehead atoms. The van der Waals surface area contributed by atoms with Crippen LogP contribution in [0.3, 0.4) is 0 Å². The van der Waals surface area contributed by atoms with E-state index in [1.165, 1.54) is 30.0 Å². The maximum absolute atomic E-state index is 14.2. The van der Waals surface area contributed by atoms with Gasteiger partial charge in [-0.2, -0.15) is 0 Å². The summed E-state index contributed by atoms with van der Waals surface area (Å²) in [4.78, 5) is 36.0. The molecule has 7 heteroatoms. The molecule has 0 fully saturated rings. The largest absolute Gasteiger partial charge is 0.503 e. The average Bonchev–Trinajstić information content (AvgIpc) is 2.79. The third-order valence-electron chi connectivity index (χ3n) is 4.17. The summed E-state index contributed by atoms with van der Waals surface area (Å²) >= 11 is 0. The van der Waals surface area contributed by atoms with Gasteiger partial charge in [0.05, 0.1) is 11.6 Å². The molecule has 1 amide bonds. The summed E-state index contributed by atoms with van der Waals surface area (Å²) in [6.07, 6.45) is 1.55. The number of aliphatic carboxylic acids is 1. The van der Waals surface area contributed by atoms with Crippen LogP contribution >= 0.6 is 0 Å². The average molecular weight is 349 g/mol. The number of carboxylic acids is 1. The molecule has 0 saturated heterocycles. The molecule has 1 heterocycles. The van der Waals surface area contributed by atoms with E-state index < -0.39 is 35.3 Å². The second-order valence-corrected chi connectivity index (χ2v) is 5.95. The first-order valence-electron chi connectivity index (χ1n) is 8.05. The summed E-state index contributed by atoms with van der Waals surface area (Å²) in [5.41, 5.74) is 0.0382. The number of amides is 1. The van der Waals surface area contributed by atoms with Crippen LogP contribution in [-0.4, -0.2) is 39.3 Å². The second-order valence-electron chi connectivity index (χ2n) is 5.95. The highest BCUT2D eigenvalue weighted by atomic mass is 19.1. The van der Waals surface area contributed by atoms with Gasteiger partial charge >= 0.3 is 5.97 Å². The topological polar surface area (TPSA) is 94.9 Å². The minimum Gasteiger partial charge on any atom is -0.503 e. The van der Waals surface area contributed by atoms with E-state index in [-0.39, 0.29) is 24.1 Å². The summed E-state index contributed by atoms with van der Waals surface area (Å²) in [5.74, 6) is -3.31. The molecule has 0 saturated carbocycles. The summed E-state index contributed by atoms with van der Waals surface area (Å²) in [6, 6.07) is 4.85. The Bertz CT molecular complexity index is 728.